The molecule has 0 aliphatic carbocycles. The molecule has 0 saturated carbocycles. The van der Waals surface area contributed by atoms with E-state index in [0.717, 1.165) is 5.54 Å². The van der Waals surface area contributed by atoms with E-state index in [0.29, 0.717) is 0 Å². The van der Waals surface area contributed by atoms with Gasteiger partial charge in [0.1, 0.15) is 13.5 Å². The molecule has 0 spiro atoms. The average Bonchev–Trinajstić information content (AvgIpc) is 2.32. The Morgan fingerprint density at radius 1 is 0.700 bits per heavy atom. The Morgan fingerprint density at radius 2 is 0.800 bits per heavy atom. The Labute approximate surface area is 170 Å². The Morgan fingerprint density at radius 3 is 0.800 bits per heavy atom. The summed E-state index contributed by atoms with van der Waals surface area (Å²) in [5.41, 5.74) is 2.31. The summed E-state index contributed by atoms with van der Waals surface area (Å²) in [5, 5.41) is 0. The lowest BCUT2D eigenvalue weighted by molar-refractivity contribution is 2.25. The molecule has 20 heavy (non-hydrogen) atoms. The largest absolute Gasteiger partial charge is 0.136 e. The first-order chi connectivity index (χ1) is 9.06. The SMILES string of the molecule is C=C.C=C(Cl)Cl.C=CCl.ClC(Cl)=C(Cl)Cl.ClC=C(Cl)Cl. The number of hydrogen-bond donors (Lipinski definition) is 0. The van der Waals surface area contributed by atoms with Crippen molar-refractivity contribution >= 4 is 116 Å². The predicted molar refractivity (Wildman–Crippen MR) is 104 cm³/mol. The van der Waals surface area contributed by atoms with Crippen molar-refractivity contribution in [2.24, 2.45) is 0 Å². The first-order valence-electron chi connectivity index (χ1n) is 3.75. The maximum absolute atomic E-state index is 4.99. The van der Waals surface area contributed by atoms with Gasteiger partial charge in [-0.2, -0.15) is 0 Å². The van der Waals surface area contributed by atoms with Crippen LogP contribution in [0.25, 0.3) is 0 Å². The molecule has 0 radical (unpaired) electrons. The highest BCUT2D eigenvalue weighted by Gasteiger charge is 1.88. The van der Waals surface area contributed by atoms with Crippen molar-refractivity contribution in [3.63, 3.8) is 0 Å². The van der Waals surface area contributed by atoms with E-state index in [1.807, 2.05) is 0 Å². The van der Waals surface area contributed by atoms with Crippen LogP contribution in [0.2, 0.25) is 0 Å². The van der Waals surface area contributed by atoms with Crippen LogP contribution in [0.15, 0.2) is 55.4 Å². The lowest BCUT2D eigenvalue weighted by atomic mass is 11.2. The fourth-order valence-electron chi connectivity index (χ4n) is 0. The first-order valence-corrected chi connectivity index (χ1v) is 7.65. The van der Waals surface area contributed by atoms with E-state index in [9.17, 15) is 0 Å². The molecule has 0 aromatic heterocycles. The van der Waals surface area contributed by atoms with E-state index in [2.05, 4.69) is 26.3 Å². The second-order valence-electron chi connectivity index (χ2n) is 1.41. The molecule has 0 aliphatic heterocycles. The highest BCUT2D eigenvalue weighted by atomic mass is 35.5. The summed E-state index contributed by atoms with van der Waals surface area (Å²) in [6, 6.07) is 0. The molecule has 0 nitrogen and oxygen atoms in total. The predicted octanol–water partition coefficient (Wildman–Crippen LogP) is 9.68. The van der Waals surface area contributed by atoms with Gasteiger partial charge in [-0.25, -0.2) is 0 Å². The van der Waals surface area contributed by atoms with Crippen LogP contribution in [-0.2, 0) is 0 Å². The minimum atomic E-state index is -0.0988. The van der Waals surface area contributed by atoms with Crippen LogP contribution in [0.5, 0.6) is 0 Å². The number of halogens is 10. The standard InChI is InChI=1S/C2Cl4.C2HCl3.C2H2Cl2.C2H3Cl.C2H4/c3-1(4)2(5)6;3-1-2(4)5;1-2(3)4;1-2-3;1-2/h;1H;1H2;2H,1H2;1-2H2. The van der Waals surface area contributed by atoms with Crippen LogP contribution in [-0.4, -0.2) is 0 Å². The van der Waals surface area contributed by atoms with Gasteiger partial charge in [-0.3, -0.25) is 0 Å². The monoisotopic (exact) mass is 480 g/mol. The third-order valence-corrected chi connectivity index (χ3v) is 2.03. The zero-order valence-electron chi connectivity index (χ0n) is 9.76. The Bertz CT molecular complexity index is 256. The van der Waals surface area contributed by atoms with Gasteiger partial charge in [0.25, 0.3) is 0 Å². The van der Waals surface area contributed by atoms with E-state index in [4.69, 9.17) is 116 Å². The molecule has 0 fully saturated rings. The molecule has 0 rings (SSSR count). The maximum atomic E-state index is 4.99. The van der Waals surface area contributed by atoms with Crippen molar-refractivity contribution in [2.45, 2.75) is 0 Å². The molecule has 0 amide bonds. The molecule has 0 aromatic carbocycles. The van der Waals surface area contributed by atoms with Crippen molar-refractivity contribution in [3.8, 4) is 0 Å². The third kappa shape index (κ3) is 117. The van der Waals surface area contributed by atoms with E-state index < -0.39 is 0 Å². The molecule has 0 N–H and O–H groups in total. The number of hydrogen-bond acceptors (Lipinski definition) is 0. The van der Waals surface area contributed by atoms with E-state index in [-0.39, 0.29) is 18.0 Å². The average molecular weight is 485 g/mol. The number of rotatable bonds is 0. The van der Waals surface area contributed by atoms with Gasteiger partial charge in [0.2, 0.25) is 0 Å². The Kier molecular flexibility index (Phi) is 54.1. The second-order valence-corrected chi connectivity index (χ2v) is 5.95. The van der Waals surface area contributed by atoms with Gasteiger partial charge in [0.05, 0.1) is 4.49 Å². The molecular formula is C10H10Cl10. The fraction of sp³-hybridized carbons (Fsp3) is 0. The van der Waals surface area contributed by atoms with Gasteiger partial charge in [0.15, 0.2) is 0 Å². The van der Waals surface area contributed by atoms with Crippen molar-refractivity contribution in [1.29, 1.82) is 0 Å². The van der Waals surface area contributed by atoms with Gasteiger partial charge in [-0.05, 0) is 5.54 Å². The Hall–Kier alpha value is 1.60. The topological polar surface area (TPSA) is 0 Å². The summed E-state index contributed by atoms with van der Waals surface area (Å²) in [4.78, 5) is 0. The van der Waals surface area contributed by atoms with Crippen LogP contribution in [0.4, 0.5) is 0 Å². The zero-order valence-corrected chi connectivity index (χ0v) is 17.3. The molecule has 0 unspecified atom stereocenters. The van der Waals surface area contributed by atoms with E-state index in [1.54, 1.807) is 0 Å². The summed E-state index contributed by atoms with van der Waals surface area (Å²) in [5.74, 6) is 0. The Balaban J connectivity index is -0.0000000492. The van der Waals surface area contributed by atoms with Crippen LogP contribution < -0.4 is 0 Å². The minimum Gasteiger partial charge on any atom is -0.106 e. The maximum Gasteiger partial charge on any atom is 0.136 e. The summed E-state index contributed by atoms with van der Waals surface area (Å²) in [6.07, 6.45) is 0. The quantitative estimate of drug-likeness (QED) is 0.300. The fourth-order valence-corrected chi connectivity index (χ4v) is 0. The van der Waals surface area contributed by atoms with Crippen molar-refractivity contribution < 1.29 is 0 Å². The molecule has 0 saturated heterocycles. The van der Waals surface area contributed by atoms with Gasteiger partial charge in [-0.15, -0.1) is 13.2 Å². The first kappa shape index (κ1) is 33.3. The van der Waals surface area contributed by atoms with E-state index >= 15 is 0 Å². The summed E-state index contributed by atoms with van der Waals surface area (Å²) < 4.78 is 0.00309. The van der Waals surface area contributed by atoms with Gasteiger partial charge < -0.3 is 0 Å². The lowest BCUT2D eigenvalue weighted by Crippen LogP contribution is -1.47. The summed E-state index contributed by atoms with van der Waals surface area (Å²) in [6.45, 7) is 12.2. The third-order valence-electron chi connectivity index (χ3n) is 0.225. The molecule has 0 atom stereocenters. The molecule has 0 heterocycles. The molecule has 0 bridgehead atoms. The highest BCUT2D eigenvalue weighted by molar-refractivity contribution is 6.67. The van der Waals surface area contributed by atoms with Gasteiger partial charge in [0, 0.05) is 5.54 Å². The van der Waals surface area contributed by atoms with Gasteiger partial charge >= 0.3 is 0 Å². The molecular weight excluding hydrogens is 475 g/mol. The lowest BCUT2D eigenvalue weighted by Gasteiger charge is -1.75. The molecule has 0 aromatic rings. The molecule has 10 heteroatoms. The summed E-state index contributed by atoms with van der Waals surface area (Å²) in [7, 11) is 0. The van der Waals surface area contributed by atoms with Crippen molar-refractivity contribution in [1.82, 2.24) is 0 Å². The second kappa shape index (κ2) is 32.5. The summed E-state index contributed by atoms with van der Waals surface area (Å²) >= 11 is 49.3. The highest BCUT2D eigenvalue weighted by Crippen LogP contribution is 2.20. The zero-order chi connectivity index (χ0) is 17.7. The van der Waals surface area contributed by atoms with Crippen molar-refractivity contribution in [3.05, 3.63) is 55.4 Å². The van der Waals surface area contributed by atoms with Gasteiger partial charge in [-0.1, -0.05) is 129 Å². The molecule has 120 valence electrons. The smallest absolute Gasteiger partial charge is 0.106 e. The van der Waals surface area contributed by atoms with Crippen LogP contribution >= 0.6 is 116 Å². The van der Waals surface area contributed by atoms with Crippen LogP contribution in [0.3, 0.4) is 0 Å². The minimum absolute atomic E-state index is 0.0895. The van der Waals surface area contributed by atoms with Crippen molar-refractivity contribution in [2.75, 3.05) is 0 Å². The van der Waals surface area contributed by atoms with E-state index in [1.165, 1.54) is 5.54 Å². The normalized spacial score (nSPS) is 6.30. The van der Waals surface area contributed by atoms with Crippen LogP contribution in [0, 0.1) is 0 Å². The van der Waals surface area contributed by atoms with Crippen LogP contribution in [0.1, 0.15) is 0 Å². The molecule has 0 aliphatic rings.